The molecular formula is C27H23Cl2N5O5. The van der Waals surface area contributed by atoms with E-state index in [1.807, 2.05) is 6.07 Å². The molecule has 0 unspecified atom stereocenters. The average Bonchev–Trinajstić information content (AvgIpc) is 3.62. The Bertz CT molecular complexity index is 1580. The lowest BCUT2D eigenvalue weighted by Crippen LogP contribution is -2.48. The van der Waals surface area contributed by atoms with Crippen molar-refractivity contribution in [3.05, 3.63) is 86.6 Å². The van der Waals surface area contributed by atoms with Crippen molar-refractivity contribution in [3.8, 4) is 0 Å². The summed E-state index contributed by atoms with van der Waals surface area (Å²) in [5, 5.41) is 22.4. The Labute approximate surface area is 232 Å². The number of allylic oxidation sites excluding steroid dienone is 3. The third-order valence-corrected chi connectivity index (χ3v) is 7.46. The fourth-order valence-corrected chi connectivity index (χ4v) is 5.40. The fraction of sp³-hybridized carbons (Fsp3) is 0.222. The Morgan fingerprint density at radius 2 is 1.97 bits per heavy atom. The predicted molar refractivity (Wildman–Crippen MR) is 145 cm³/mol. The Hall–Kier alpha value is -4.15. The molecule has 4 N–H and O–H groups in total. The van der Waals surface area contributed by atoms with Crippen LogP contribution >= 0.6 is 23.2 Å². The van der Waals surface area contributed by atoms with Crippen LogP contribution < -0.4 is 10.6 Å². The second-order valence-corrected chi connectivity index (χ2v) is 10.0. The van der Waals surface area contributed by atoms with Crippen molar-refractivity contribution < 1.29 is 24.3 Å². The minimum absolute atomic E-state index is 0.0276. The minimum Gasteiger partial charge on any atom is -0.480 e. The number of aliphatic carboxylic acids is 1. The molecule has 12 heteroatoms. The number of nitrogens with one attached hydrogen (secondary N) is 3. The van der Waals surface area contributed by atoms with Crippen LogP contribution in [0.2, 0.25) is 10.0 Å². The standard InChI is InChI=1S/C27H23Cl2N5O5/c28-19-9-17-13-34(26(37)15-5-6-16-11-31-33-20(16)10-15)8-7-18(17)23(29)22(19)25(36)32-21(27(38)39)12-30-24(35)14-3-1-2-4-14/h1-3,5-6,9-11,21H,4,7-8,12-13H2,(H,30,35)(H,31,33)(H,32,36)(H,38,39)/t21-/m0/s1. The highest BCUT2D eigenvalue weighted by Crippen LogP contribution is 2.35. The number of aromatic amines is 1. The lowest BCUT2D eigenvalue weighted by atomic mass is 9.95. The molecule has 2 heterocycles. The van der Waals surface area contributed by atoms with E-state index >= 15 is 0 Å². The molecule has 1 aromatic heterocycles. The maximum absolute atomic E-state index is 13.2. The van der Waals surface area contributed by atoms with Gasteiger partial charge in [0.15, 0.2) is 0 Å². The summed E-state index contributed by atoms with van der Waals surface area (Å²) in [6.07, 6.45) is 7.70. The lowest BCUT2D eigenvalue weighted by Gasteiger charge is -2.30. The maximum atomic E-state index is 13.2. The predicted octanol–water partition coefficient (Wildman–Crippen LogP) is 3.25. The molecule has 0 saturated heterocycles. The monoisotopic (exact) mass is 567 g/mol. The minimum atomic E-state index is -1.40. The van der Waals surface area contributed by atoms with Gasteiger partial charge in [-0.3, -0.25) is 19.5 Å². The summed E-state index contributed by atoms with van der Waals surface area (Å²) in [6, 6.07) is 5.48. The van der Waals surface area contributed by atoms with E-state index in [1.165, 1.54) is 0 Å². The van der Waals surface area contributed by atoms with Crippen LogP contribution in [0.4, 0.5) is 0 Å². The molecule has 1 atom stereocenters. The first-order chi connectivity index (χ1) is 18.7. The molecule has 3 amide bonds. The summed E-state index contributed by atoms with van der Waals surface area (Å²) in [4.78, 5) is 51.9. The van der Waals surface area contributed by atoms with Crippen molar-refractivity contribution >= 4 is 57.8 Å². The highest BCUT2D eigenvalue weighted by atomic mass is 35.5. The molecule has 0 fully saturated rings. The van der Waals surface area contributed by atoms with E-state index in [2.05, 4.69) is 20.8 Å². The molecule has 200 valence electrons. The van der Waals surface area contributed by atoms with Crippen molar-refractivity contribution in [2.75, 3.05) is 13.1 Å². The highest BCUT2D eigenvalue weighted by Gasteiger charge is 2.30. The van der Waals surface area contributed by atoms with Gasteiger partial charge in [0.25, 0.3) is 11.8 Å². The molecule has 0 bridgehead atoms. The lowest BCUT2D eigenvalue weighted by molar-refractivity contribution is -0.139. The second kappa shape index (κ2) is 10.9. The van der Waals surface area contributed by atoms with E-state index in [0.717, 1.165) is 10.9 Å². The number of hydrogen-bond acceptors (Lipinski definition) is 5. The van der Waals surface area contributed by atoms with Crippen LogP contribution in [0.3, 0.4) is 0 Å². The van der Waals surface area contributed by atoms with Crippen LogP contribution in [-0.2, 0) is 22.6 Å². The molecule has 3 aromatic rings. The van der Waals surface area contributed by atoms with E-state index in [0.29, 0.717) is 41.6 Å². The quantitative estimate of drug-likeness (QED) is 0.345. The summed E-state index contributed by atoms with van der Waals surface area (Å²) in [7, 11) is 0. The number of halogens is 2. The number of aromatic nitrogens is 2. The van der Waals surface area contributed by atoms with E-state index in [4.69, 9.17) is 23.2 Å². The summed E-state index contributed by atoms with van der Waals surface area (Å²) in [5.41, 5.74) is 3.08. The van der Waals surface area contributed by atoms with Crippen LogP contribution in [0.25, 0.3) is 10.9 Å². The first-order valence-corrected chi connectivity index (χ1v) is 12.9. The molecule has 0 spiro atoms. The number of nitrogens with zero attached hydrogens (tertiary/aromatic N) is 2. The zero-order valence-electron chi connectivity index (χ0n) is 20.5. The number of hydrogen-bond donors (Lipinski definition) is 4. The summed E-state index contributed by atoms with van der Waals surface area (Å²) >= 11 is 13.1. The molecule has 39 heavy (non-hydrogen) atoms. The first kappa shape index (κ1) is 26.5. The van der Waals surface area contributed by atoms with Gasteiger partial charge in [0.2, 0.25) is 5.91 Å². The van der Waals surface area contributed by atoms with Gasteiger partial charge >= 0.3 is 5.97 Å². The topological polar surface area (TPSA) is 144 Å². The van der Waals surface area contributed by atoms with Crippen LogP contribution in [0.5, 0.6) is 0 Å². The summed E-state index contributed by atoms with van der Waals surface area (Å²) in [6.45, 7) is 0.285. The summed E-state index contributed by atoms with van der Waals surface area (Å²) in [5.74, 6) is -2.67. The van der Waals surface area contributed by atoms with Crippen LogP contribution in [0, 0.1) is 0 Å². The molecule has 1 aliphatic heterocycles. The van der Waals surface area contributed by atoms with E-state index < -0.39 is 23.8 Å². The molecule has 10 nitrogen and oxygen atoms in total. The van der Waals surface area contributed by atoms with Gasteiger partial charge in [-0.05, 0) is 42.2 Å². The van der Waals surface area contributed by atoms with Crippen molar-refractivity contribution in [2.24, 2.45) is 0 Å². The number of fused-ring (bicyclic) bond motifs is 2. The van der Waals surface area contributed by atoms with Gasteiger partial charge in [-0.25, -0.2) is 4.79 Å². The smallest absolute Gasteiger partial charge is 0.328 e. The Kier molecular flexibility index (Phi) is 7.40. The number of carbonyl (C=O) groups excluding carboxylic acids is 3. The molecular weight excluding hydrogens is 545 g/mol. The van der Waals surface area contributed by atoms with Gasteiger partial charge < -0.3 is 20.6 Å². The van der Waals surface area contributed by atoms with Gasteiger partial charge in [0.1, 0.15) is 6.04 Å². The van der Waals surface area contributed by atoms with Gasteiger partial charge in [0.05, 0.1) is 27.3 Å². The fourth-order valence-electron chi connectivity index (χ4n) is 4.64. The molecule has 5 rings (SSSR count). The molecule has 0 saturated carbocycles. The van der Waals surface area contributed by atoms with Crippen molar-refractivity contribution in [1.29, 1.82) is 0 Å². The zero-order chi connectivity index (χ0) is 27.7. The normalized spacial score (nSPS) is 15.0. The highest BCUT2D eigenvalue weighted by molar-refractivity contribution is 6.40. The van der Waals surface area contributed by atoms with Gasteiger partial charge in [-0.15, -0.1) is 0 Å². The van der Waals surface area contributed by atoms with Crippen LogP contribution in [0.15, 0.2) is 54.3 Å². The number of benzene rings is 2. The van der Waals surface area contributed by atoms with E-state index in [1.54, 1.807) is 47.5 Å². The number of carboxylic acids is 1. The first-order valence-electron chi connectivity index (χ1n) is 12.1. The molecule has 1 aliphatic carbocycles. The van der Waals surface area contributed by atoms with Crippen molar-refractivity contribution in [2.45, 2.75) is 25.4 Å². The van der Waals surface area contributed by atoms with Gasteiger partial charge in [0, 0.05) is 36.2 Å². The molecule has 2 aromatic carbocycles. The van der Waals surface area contributed by atoms with Crippen LogP contribution in [-0.4, -0.2) is 63.0 Å². The Morgan fingerprint density at radius 3 is 2.72 bits per heavy atom. The maximum Gasteiger partial charge on any atom is 0.328 e. The third kappa shape index (κ3) is 5.39. The van der Waals surface area contributed by atoms with Gasteiger partial charge in [-0.2, -0.15) is 5.10 Å². The third-order valence-electron chi connectivity index (χ3n) is 6.74. The zero-order valence-corrected chi connectivity index (χ0v) is 22.0. The number of carboxylic acid groups (broad SMARTS) is 1. The van der Waals surface area contributed by atoms with Crippen molar-refractivity contribution in [3.63, 3.8) is 0 Å². The largest absolute Gasteiger partial charge is 0.480 e. The van der Waals surface area contributed by atoms with Crippen LogP contribution in [0.1, 0.15) is 38.3 Å². The number of carbonyl (C=O) groups is 4. The second-order valence-electron chi connectivity index (χ2n) is 9.23. The van der Waals surface area contributed by atoms with Gasteiger partial charge in [-0.1, -0.05) is 47.5 Å². The van der Waals surface area contributed by atoms with E-state index in [-0.39, 0.29) is 34.6 Å². The average molecular weight is 568 g/mol. The molecule has 0 radical (unpaired) electrons. The van der Waals surface area contributed by atoms with E-state index in [9.17, 15) is 24.3 Å². The summed E-state index contributed by atoms with van der Waals surface area (Å²) < 4.78 is 0. The molecule has 2 aliphatic rings. The number of H-pyrrole nitrogens is 1. The number of amides is 3. The van der Waals surface area contributed by atoms with Crippen molar-refractivity contribution in [1.82, 2.24) is 25.7 Å². The number of rotatable bonds is 7. The SMILES string of the molecule is O=C(NC[C@H](NC(=O)c1c(Cl)cc2c(c1Cl)CCN(C(=O)c1ccc3cn[nH]c3c1)C2)C(=O)O)C1=CC=CC1. The Morgan fingerprint density at radius 1 is 1.15 bits per heavy atom. The Balaban J connectivity index is 1.29.